The summed E-state index contributed by atoms with van der Waals surface area (Å²) >= 11 is 0. The van der Waals surface area contributed by atoms with E-state index < -0.39 is 11.4 Å². The number of ether oxygens (including phenoxy) is 1. The van der Waals surface area contributed by atoms with E-state index in [9.17, 15) is 14.7 Å². The number of amides is 1. The van der Waals surface area contributed by atoms with E-state index in [1.54, 1.807) is 0 Å². The molecule has 19 heavy (non-hydrogen) atoms. The van der Waals surface area contributed by atoms with Gasteiger partial charge in [0, 0.05) is 13.2 Å². The van der Waals surface area contributed by atoms with Gasteiger partial charge in [-0.2, -0.15) is 0 Å². The second kappa shape index (κ2) is 7.48. The molecule has 0 radical (unpaired) electrons. The number of rotatable bonds is 7. The molecule has 0 aromatic rings. The highest BCUT2D eigenvalue weighted by molar-refractivity contribution is 5.79. The molecule has 2 N–H and O–H groups in total. The Morgan fingerprint density at radius 2 is 2.00 bits per heavy atom. The van der Waals surface area contributed by atoms with Crippen LogP contribution in [0.5, 0.6) is 0 Å². The average molecular weight is 271 g/mol. The van der Waals surface area contributed by atoms with Gasteiger partial charge in [0.25, 0.3) is 0 Å². The molecule has 1 amide bonds. The van der Waals surface area contributed by atoms with Crippen molar-refractivity contribution in [3.8, 4) is 0 Å². The Morgan fingerprint density at radius 1 is 1.37 bits per heavy atom. The minimum absolute atomic E-state index is 0.0138. The zero-order valence-electron chi connectivity index (χ0n) is 11.9. The molecule has 0 heterocycles. The molecule has 0 spiro atoms. The molecule has 0 unspecified atom stereocenters. The predicted octanol–water partition coefficient (Wildman–Crippen LogP) is 1.81. The fourth-order valence-electron chi connectivity index (χ4n) is 2.41. The smallest absolute Gasteiger partial charge is 0.311 e. The van der Waals surface area contributed by atoms with Gasteiger partial charge in [0.15, 0.2) is 0 Å². The van der Waals surface area contributed by atoms with Crippen LogP contribution in [-0.2, 0) is 14.3 Å². The summed E-state index contributed by atoms with van der Waals surface area (Å²) in [6.07, 6.45) is 3.96. The van der Waals surface area contributed by atoms with Crippen LogP contribution in [-0.4, -0.2) is 36.7 Å². The fourth-order valence-corrected chi connectivity index (χ4v) is 2.41. The van der Waals surface area contributed by atoms with E-state index in [0.717, 1.165) is 19.3 Å². The van der Waals surface area contributed by atoms with Crippen molar-refractivity contribution in [1.82, 2.24) is 5.32 Å². The highest BCUT2D eigenvalue weighted by Crippen LogP contribution is 2.38. The van der Waals surface area contributed by atoms with Crippen molar-refractivity contribution in [3.63, 3.8) is 0 Å². The van der Waals surface area contributed by atoms with E-state index in [4.69, 9.17) is 4.74 Å². The molecular formula is C14H25NO4. The van der Waals surface area contributed by atoms with Gasteiger partial charge < -0.3 is 15.2 Å². The molecule has 0 atom stereocenters. The highest BCUT2D eigenvalue weighted by atomic mass is 16.5. The van der Waals surface area contributed by atoms with Crippen LogP contribution in [0, 0.1) is 11.3 Å². The third kappa shape index (κ3) is 4.82. The second-order valence-electron chi connectivity index (χ2n) is 5.60. The van der Waals surface area contributed by atoms with Crippen molar-refractivity contribution in [2.75, 3.05) is 19.8 Å². The normalized spacial score (nSPS) is 26.9. The lowest BCUT2D eigenvalue weighted by atomic mass is 9.71. The van der Waals surface area contributed by atoms with Gasteiger partial charge in [-0.3, -0.25) is 9.59 Å². The SMILES string of the molecule is CCCOCC(=O)NCC1(C(=O)O)CCC(C)CC1. The predicted molar refractivity (Wildman–Crippen MR) is 71.8 cm³/mol. The summed E-state index contributed by atoms with van der Waals surface area (Å²) in [6, 6.07) is 0. The first-order valence-electron chi connectivity index (χ1n) is 7.08. The lowest BCUT2D eigenvalue weighted by Gasteiger charge is -2.35. The quantitative estimate of drug-likeness (QED) is 0.692. The number of carboxylic acids is 1. The number of hydrogen-bond donors (Lipinski definition) is 2. The Kier molecular flexibility index (Phi) is 6.28. The summed E-state index contributed by atoms with van der Waals surface area (Å²) in [4.78, 5) is 23.0. The van der Waals surface area contributed by atoms with E-state index in [0.29, 0.717) is 25.4 Å². The van der Waals surface area contributed by atoms with Gasteiger partial charge in [-0.15, -0.1) is 0 Å². The topological polar surface area (TPSA) is 75.6 Å². The van der Waals surface area contributed by atoms with Crippen LogP contribution in [0.1, 0.15) is 46.0 Å². The summed E-state index contributed by atoms with van der Waals surface area (Å²) < 4.78 is 5.14. The summed E-state index contributed by atoms with van der Waals surface area (Å²) in [7, 11) is 0. The number of carbonyl (C=O) groups excluding carboxylic acids is 1. The monoisotopic (exact) mass is 271 g/mol. The standard InChI is InChI=1S/C14H25NO4/c1-3-8-19-9-12(16)15-10-14(13(17)18)6-4-11(2)5-7-14/h11H,3-10H2,1-2H3,(H,15,16)(H,17,18). The van der Waals surface area contributed by atoms with Gasteiger partial charge in [0.05, 0.1) is 5.41 Å². The van der Waals surface area contributed by atoms with E-state index in [1.165, 1.54) is 0 Å². The summed E-state index contributed by atoms with van der Waals surface area (Å²) in [5.41, 5.74) is -0.785. The van der Waals surface area contributed by atoms with Crippen LogP contribution < -0.4 is 5.32 Å². The van der Waals surface area contributed by atoms with Gasteiger partial charge in [0.1, 0.15) is 6.61 Å². The van der Waals surface area contributed by atoms with Crippen molar-refractivity contribution >= 4 is 11.9 Å². The maximum absolute atomic E-state index is 11.6. The van der Waals surface area contributed by atoms with E-state index in [1.807, 2.05) is 6.92 Å². The Morgan fingerprint density at radius 3 is 2.53 bits per heavy atom. The largest absolute Gasteiger partial charge is 0.481 e. The number of aliphatic carboxylic acids is 1. The zero-order chi connectivity index (χ0) is 14.3. The van der Waals surface area contributed by atoms with E-state index >= 15 is 0 Å². The summed E-state index contributed by atoms with van der Waals surface area (Å²) in [5, 5.41) is 12.1. The van der Waals surface area contributed by atoms with E-state index in [-0.39, 0.29) is 19.1 Å². The minimum Gasteiger partial charge on any atom is -0.481 e. The molecule has 5 nitrogen and oxygen atoms in total. The Bertz CT molecular complexity index is 309. The van der Waals surface area contributed by atoms with Crippen LogP contribution in [0.3, 0.4) is 0 Å². The van der Waals surface area contributed by atoms with Crippen molar-refractivity contribution in [2.45, 2.75) is 46.0 Å². The maximum Gasteiger partial charge on any atom is 0.311 e. The summed E-state index contributed by atoms with van der Waals surface area (Å²) in [6.45, 7) is 4.89. The molecule has 0 aromatic heterocycles. The third-order valence-corrected chi connectivity index (χ3v) is 3.89. The first kappa shape index (κ1) is 16.0. The van der Waals surface area contributed by atoms with Crippen LogP contribution in [0.15, 0.2) is 0 Å². The molecule has 1 rings (SSSR count). The van der Waals surface area contributed by atoms with Crippen LogP contribution in [0.4, 0.5) is 0 Å². The molecule has 1 aliphatic carbocycles. The molecule has 0 aromatic carbocycles. The second-order valence-corrected chi connectivity index (χ2v) is 5.60. The minimum atomic E-state index is -0.797. The molecule has 5 heteroatoms. The molecule has 0 bridgehead atoms. The number of carboxylic acid groups (broad SMARTS) is 1. The van der Waals surface area contributed by atoms with Crippen LogP contribution >= 0.6 is 0 Å². The van der Waals surface area contributed by atoms with Gasteiger partial charge in [-0.1, -0.05) is 13.8 Å². The van der Waals surface area contributed by atoms with Crippen molar-refractivity contribution in [3.05, 3.63) is 0 Å². The number of hydrogen-bond acceptors (Lipinski definition) is 3. The van der Waals surface area contributed by atoms with Crippen LogP contribution in [0.25, 0.3) is 0 Å². The first-order valence-corrected chi connectivity index (χ1v) is 7.08. The van der Waals surface area contributed by atoms with Crippen molar-refractivity contribution in [1.29, 1.82) is 0 Å². The molecule has 1 aliphatic rings. The molecule has 110 valence electrons. The first-order chi connectivity index (χ1) is 9.00. The molecule has 0 aliphatic heterocycles. The third-order valence-electron chi connectivity index (χ3n) is 3.89. The van der Waals surface area contributed by atoms with Crippen LogP contribution in [0.2, 0.25) is 0 Å². The highest BCUT2D eigenvalue weighted by Gasteiger charge is 2.41. The Balaban J connectivity index is 2.42. The maximum atomic E-state index is 11.6. The molecular weight excluding hydrogens is 246 g/mol. The van der Waals surface area contributed by atoms with Gasteiger partial charge in [-0.05, 0) is 38.0 Å². The molecule has 1 saturated carbocycles. The number of carbonyl (C=O) groups is 2. The lowest BCUT2D eigenvalue weighted by Crippen LogP contribution is -2.46. The zero-order valence-corrected chi connectivity index (χ0v) is 11.9. The van der Waals surface area contributed by atoms with E-state index in [2.05, 4.69) is 12.2 Å². The van der Waals surface area contributed by atoms with Gasteiger partial charge >= 0.3 is 5.97 Å². The van der Waals surface area contributed by atoms with Crippen molar-refractivity contribution < 1.29 is 19.4 Å². The Labute approximate surface area is 114 Å². The lowest BCUT2D eigenvalue weighted by molar-refractivity contribution is -0.151. The number of nitrogens with one attached hydrogen (secondary N) is 1. The molecule has 0 saturated heterocycles. The van der Waals surface area contributed by atoms with Gasteiger partial charge in [-0.25, -0.2) is 0 Å². The molecule has 1 fully saturated rings. The average Bonchev–Trinajstić information content (AvgIpc) is 2.38. The Hall–Kier alpha value is -1.10. The van der Waals surface area contributed by atoms with Gasteiger partial charge in [0.2, 0.25) is 5.91 Å². The summed E-state index contributed by atoms with van der Waals surface area (Å²) in [5.74, 6) is -0.446. The fraction of sp³-hybridized carbons (Fsp3) is 0.857. The van der Waals surface area contributed by atoms with Crippen molar-refractivity contribution in [2.24, 2.45) is 11.3 Å².